The summed E-state index contributed by atoms with van der Waals surface area (Å²) in [5.41, 5.74) is 0. The van der Waals surface area contributed by atoms with Crippen molar-refractivity contribution in [1.29, 1.82) is 0 Å². The van der Waals surface area contributed by atoms with Crippen LogP contribution in [0.1, 0.15) is 36.4 Å². The van der Waals surface area contributed by atoms with Gasteiger partial charge in [-0.3, -0.25) is 13.8 Å². The zero-order valence-electron chi connectivity index (χ0n) is 11.8. The molecule has 1 amide bonds. The minimum absolute atomic E-state index is 0.0142. The Hall–Kier alpha value is -1.01. The van der Waals surface area contributed by atoms with Gasteiger partial charge in [-0.2, -0.15) is 0 Å². The summed E-state index contributed by atoms with van der Waals surface area (Å²) in [7, 11) is -0.884. The SMILES string of the molecule is CC1(C)CN(C(=O)CCC(=O)c2cccs2)CC[S@@]1=O. The third-order valence-corrected chi connectivity index (χ3v) is 6.28. The number of amides is 1. The Morgan fingerprint density at radius 1 is 1.40 bits per heavy atom. The first kappa shape index (κ1) is 15.4. The molecule has 0 aromatic carbocycles. The molecule has 110 valence electrons. The van der Waals surface area contributed by atoms with E-state index in [2.05, 4.69) is 0 Å². The van der Waals surface area contributed by atoms with E-state index in [1.165, 1.54) is 11.3 Å². The van der Waals surface area contributed by atoms with E-state index in [4.69, 9.17) is 0 Å². The number of nitrogens with zero attached hydrogens (tertiary/aromatic N) is 1. The van der Waals surface area contributed by atoms with Crippen LogP contribution in [-0.4, -0.2) is 44.4 Å². The summed E-state index contributed by atoms with van der Waals surface area (Å²) in [6.07, 6.45) is 0.485. The van der Waals surface area contributed by atoms with E-state index in [0.29, 0.717) is 23.7 Å². The van der Waals surface area contributed by atoms with E-state index in [1.807, 2.05) is 25.3 Å². The summed E-state index contributed by atoms with van der Waals surface area (Å²) < 4.78 is 11.5. The predicted octanol–water partition coefficient (Wildman–Crippen LogP) is 2.08. The van der Waals surface area contributed by atoms with Crippen LogP contribution < -0.4 is 0 Å². The molecule has 2 rings (SSSR count). The second-order valence-electron chi connectivity index (χ2n) is 5.53. The van der Waals surface area contributed by atoms with Gasteiger partial charge in [-0.15, -0.1) is 11.3 Å². The molecule has 0 radical (unpaired) electrons. The summed E-state index contributed by atoms with van der Waals surface area (Å²) in [4.78, 5) is 26.5. The molecule has 0 aliphatic carbocycles. The Kier molecular flexibility index (Phi) is 4.75. The molecule has 1 aliphatic rings. The molecule has 4 nitrogen and oxygen atoms in total. The van der Waals surface area contributed by atoms with Crippen LogP contribution in [-0.2, 0) is 15.6 Å². The summed E-state index contributed by atoms with van der Waals surface area (Å²) >= 11 is 1.40. The Bertz CT molecular complexity index is 523. The second-order valence-corrected chi connectivity index (χ2v) is 8.68. The van der Waals surface area contributed by atoms with Crippen molar-refractivity contribution in [3.8, 4) is 0 Å². The molecule has 0 bridgehead atoms. The Morgan fingerprint density at radius 3 is 2.75 bits per heavy atom. The maximum Gasteiger partial charge on any atom is 0.223 e. The third-order valence-electron chi connectivity index (χ3n) is 3.45. The number of Topliss-reactive ketones (excluding diaryl/α,β-unsaturated/α-hetero) is 1. The maximum atomic E-state index is 12.1. The summed E-state index contributed by atoms with van der Waals surface area (Å²) in [5, 5.41) is 1.86. The lowest BCUT2D eigenvalue weighted by atomic mass is 10.1. The standard InChI is InChI=1S/C14H19NO3S2/c1-14(2)10-15(7-9-20(14)18)13(17)6-5-11(16)12-4-3-8-19-12/h3-4,8H,5-7,9-10H2,1-2H3/t20-/m0/s1. The van der Waals surface area contributed by atoms with Crippen molar-refractivity contribution in [2.75, 3.05) is 18.8 Å². The van der Waals surface area contributed by atoms with Crippen molar-refractivity contribution >= 4 is 33.8 Å². The summed E-state index contributed by atoms with van der Waals surface area (Å²) in [5.74, 6) is 0.533. The molecule has 6 heteroatoms. The number of hydrogen-bond donors (Lipinski definition) is 0. The van der Waals surface area contributed by atoms with E-state index in [-0.39, 0.29) is 29.3 Å². The van der Waals surface area contributed by atoms with Gasteiger partial charge in [0.15, 0.2) is 5.78 Å². The molecule has 1 atom stereocenters. The van der Waals surface area contributed by atoms with Gasteiger partial charge in [-0.1, -0.05) is 6.07 Å². The molecule has 0 saturated carbocycles. The summed E-state index contributed by atoms with van der Waals surface area (Å²) in [6, 6.07) is 3.62. The average molecular weight is 313 g/mol. The van der Waals surface area contributed by atoms with Gasteiger partial charge in [-0.25, -0.2) is 0 Å². The third kappa shape index (κ3) is 3.55. The van der Waals surface area contributed by atoms with Gasteiger partial charge < -0.3 is 4.90 Å². The zero-order chi connectivity index (χ0) is 14.8. The first-order chi connectivity index (χ1) is 9.40. The molecular weight excluding hydrogens is 294 g/mol. The molecule has 2 heterocycles. The fourth-order valence-electron chi connectivity index (χ4n) is 2.23. The smallest absolute Gasteiger partial charge is 0.223 e. The highest BCUT2D eigenvalue weighted by Crippen LogP contribution is 2.21. The Morgan fingerprint density at radius 2 is 2.15 bits per heavy atom. The number of rotatable bonds is 4. The second kappa shape index (κ2) is 6.18. The Balaban J connectivity index is 1.86. The zero-order valence-corrected chi connectivity index (χ0v) is 13.4. The first-order valence-corrected chi connectivity index (χ1v) is 8.83. The molecule has 0 unspecified atom stereocenters. The van der Waals surface area contributed by atoms with Crippen molar-refractivity contribution in [3.05, 3.63) is 22.4 Å². The van der Waals surface area contributed by atoms with Gasteiger partial charge in [0.1, 0.15) is 0 Å². The quantitative estimate of drug-likeness (QED) is 0.800. The predicted molar refractivity (Wildman–Crippen MR) is 81.6 cm³/mol. The van der Waals surface area contributed by atoms with Crippen LogP contribution in [0.3, 0.4) is 0 Å². The van der Waals surface area contributed by atoms with Gasteiger partial charge in [0.05, 0.1) is 9.62 Å². The number of hydrogen-bond acceptors (Lipinski definition) is 4. The fraction of sp³-hybridized carbons (Fsp3) is 0.571. The lowest BCUT2D eigenvalue weighted by Crippen LogP contribution is -2.52. The van der Waals surface area contributed by atoms with Gasteiger partial charge in [-0.05, 0) is 25.3 Å². The van der Waals surface area contributed by atoms with Crippen LogP contribution in [0.4, 0.5) is 0 Å². The molecular formula is C14H19NO3S2. The van der Waals surface area contributed by atoms with E-state index < -0.39 is 10.8 Å². The van der Waals surface area contributed by atoms with Crippen LogP contribution in [0.5, 0.6) is 0 Å². The van der Waals surface area contributed by atoms with Gasteiger partial charge in [0.25, 0.3) is 0 Å². The molecule has 1 saturated heterocycles. The minimum Gasteiger partial charge on any atom is -0.340 e. The van der Waals surface area contributed by atoms with Gasteiger partial charge >= 0.3 is 0 Å². The maximum absolute atomic E-state index is 12.1. The normalized spacial score (nSPS) is 21.7. The largest absolute Gasteiger partial charge is 0.340 e. The van der Waals surface area contributed by atoms with Crippen molar-refractivity contribution in [3.63, 3.8) is 0 Å². The van der Waals surface area contributed by atoms with Crippen molar-refractivity contribution in [1.82, 2.24) is 4.90 Å². The highest BCUT2D eigenvalue weighted by Gasteiger charge is 2.35. The molecule has 1 aromatic rings. The van der Waals surface area contributed by atoms with E-state index in [1.54, 1.807) is 11.0 Å². The highest BCUT2D eigenvalue weighted by atomic mass is 32.2. The monoisotopic (exact) mass is 313 g/mol. The molecule has 1 aromatic heterocycles. The summed E-state index contributed by atoms with van der Waals surface area (Å²) in [6.45, 7) is 4.87. The number of carbonyl (C=O) groups is 2. The molecule has 0 N–H and O–H groups in total. The van der Waals surface area contributed by atoms with Crippen LogP contribution in [0, 0.1) is 0 Å². The van der Waals surface area contributed by atoms with Crippen LogP contribution in [0.2, 0.25) is 0 Å². The Labute approximate surface area is 125 Å². The topological polar surface area (TPSA) is 54.5 Å². The van der Waals surface area contributed by atoms with Gasteiger partial charge in [0, 0.05) is 42.5 Å². The molecule has 20 heavy (non-hydrogen) atoms. The fourth-order valence-corrected chi connectivity index (χ4v) is 4.16. The van der Waals surface area contributed by atoms with E-state index in [9.17, 15) is 13.8 Å². The van der Waals surface area contributed by atoms with E-state index in [0.717, 1.165) is 0 Å². The highest BCUT2D eigenvalue weighted by molar-refractivity contribution is 7.86. The molecule has 1 fully saturated rings. The van der Waals surface area contributed by atoms with Crippen molar-refractivity contribution in [2.24, 2.45) is 0 Å². The van der Waals surface area contributed by atoms with Gasteiger partial charge in [0.2, 0.25) is 5.91 Å². The van der Waals surface area contributed by atoms with Crippen LogP contribution in [0.25, 0.3) is 0 Å². The van der Waals surface area contributed by atoms with Crippen LogP contribution in [0.15, 0.2) is 17.5 Å². The van der Waals surface area contributed by atoms with Crippen molar-refractivity contribution in [2.45, 2.75) is 31.4 Å². The first-order valence-electron chi connectivity index (χ1n) is 6.63. The average Bonchev–Trinajstić information content (AvgIpc) is 2.92. The lowest BCUT2D eigenvalue weighted by molar-refractivity contribution is -0.131. The number of carbonyl (C=O) groups excluding carboxylic acids is 2. The minimum atomic E-state index is -0.884. The number of ketones is 1. The lowest BCUT2D eigenvalue weighted by Gasteiger charge is -2.37. The molecule has 0 spiro atoms. The number of thiophene rings is 1. The van der Waals surface area contributed by atoms with E-state index >= 15 is 0 Å². The molecule has 1 aliphatic heterocycles. The van der Waals surface area contributed by atoms with Crippen LogP contribution >= 0.6 is 11.3 Å². The van der Waals surface area contributed by atoms with Crippen molar-refractivity contribution < 1.29 is 13.8 Å².